The summed E-state index contributed by atoms with van der Waals surface area (Å²) in [6, 6.07) is 7.76. The summed E-state index contributed by atoms with van der Waals surface area (Å²) in [5, 5.41) is 0. The number of carbonyl (C=O) groups excluding carboxylic acids is 1. The Morgan fingerprint density at radius 3 is 2.79 bits per heavy atom. The number of esters is 1. The third-order valence-electron chi connectivity index (χ3n) is 2.30. The van der Waals surface area contributed by atoms with Crippen molar-refractivity contribution in [3.05, 3.63) is 52.4 Å². The molecule has 0 saturated carbocycles. The molecule has 0 bridgehead atoms. The lowest BCUT2D eigenvalue weighted by Gasteiger charge is -2.05. The summed E-state index contributed by atoms with van der Waals surface area (Å²) >= 11 is 3.39. The first-order chi connectivity index (χ1) is 9.19. The summed E-state index contributed by atoms with van der Waals surface area (Å²) in [6.45, 7) is 0.381. The first-order valence-electron chi connectivity index (χ1n) is 5.46. The Morgan fingerprint density at radius 2 is 2.16 bits per heavy atom. The van der Waals surface area contributed by atoms with Gasteiger partial charge in [-0.3, -0.25) is 0 Å². The van der Waals surface area contributed by atoms with E-state index in [1.54, 1.807) is 0 Å². The van der Waals surface area contributed by atoms with Crippen LogP contribution >= 0.6 is 15.9 Å². The fourth-order valence-corrected chi connectivity index (χ4v) is 1.83. The molecule has 0 amide bonds. The Hall–Kier alpha value is -1.95. The molecule has 5 nitrogen and oxygen atoms in total. The molecule has 0 saturated heterocycles. The van der Waals surface area contributed by atoms with Crippen LogP contribution < -0.4 is 4.74 Å². The summed E-state index contributed by atoms with van der Waals surface area (Å²) in [7, 11) is 1.29. The van der Waals surface area contributed by atoms with Crippen LogP contribution in [0, 0.1) is 0 Å². The highest BCUT2D eigenvalue weighted by Crippen LogP contribution is 2.13. The molecular weight excluding hydrogens is 312 g/mol. The zero-order chi connectivity index (χ0) is 13.7. The van der Waals surface area contributed by atoms with Gasteiger partial charge in [-0.25, -0.2) is 14.8 Å². The molecule has 1 aromatic heterocycles. The maximum Gasteiger partial charge on any atom is 0.358 e. The van der Waals surface area contributed by atoms with Gasteiger partial charge in [-0.15, -0.1) is 0 Å². The SMILES string of the molecule is COC(=O)c1cnc(OCc2cccc(Br)c2)cn1. The number of ether oxygens (including phenoxy) is 2. The molecule has 0 radical (unpaired) electrons. The van der Waals surface area contributed by atoms with Crippen LogP contribution in [-0.2, 0) is 11.3 Å². The molecule has 1 aromatic carbocycles. The van der Waals surface area contributed by atoms with Crippen molar-refractivity contribution < 1.29 is 14.3 Å². The zero-order valence-corrected chi connectivity index (χ0v) is 11.8. The van der Waals surface area contributed by atoms with Crippen LogP contribution in [-0.4, -0.2) is 23.0 Å². The summed E-state index contributed by atoms with van der Waals surface area (Å²) in [6.07, 6.45) is 2.71. The van der Waals surface area contributed by atoms with Crippen LogP contribution in [0.5, 0.6) is 5.88 Å². The van der Waals surface area contributed by atoms with Gasteiger partial charge < -0.3 is 9.47 Å². The summed E-state index contributed by atoms with van der Waals surface area (Å²) < 4.78 is 11.0. The third-order valence-corrected chi connectivity index (χ3v) is 2.79. The van der Waals surface area contributed by atoms with E-state index in [9.17, 15) is 4.79 Å². The van der Waals surface area contributed by atoms with Crippen LogP contribution in [0.15, 0.2) is 41.1 Å². The minimum absolute atomic E-state index is 0.150. The number of halogens is 1. The van der Waals surface area contributed by atoms with E-state index in [0.29, 0.717) is 12.5 Å². The van der Waals surface area contributed by atoms with E-state index in [2.05, 4.69) is 30.6 Å². The van der Waals surface area contributed by atoms with Gasteiger partial charge in [0.25, 0.3) is 0 Å². The second kappa shape index (κ2) is 6.29. The lowest BCUT2D eigenvalue weighted by molar-refractivity contribution is 0.0593. The number of hydrogen-bond donors (Lipinski definition) is 0. The van der Waals surface area contributed by atoms with E-state index in [4.69, 9.17) is 4.74 Å². The van der Waals surface area contributed by atoms with Crippen molar-refractivity contribution in [2.24, 2.45) is 0 Å². The molecule has 2 aromatic rings. The number of rotatable bonds is 4. The average Bonchev–Trinajstić information content (AvgIpc) is 2.45. The van der Waals surface area contributed by atoms with Crippen LogP contribution in [0.25, 0.3) is 0 Å². The number of carbonyl (C=O) groups is 1. The van der Waals surface area contributed by atoms with E-state index in [-0.39, 0.29) is 5.69 Å². The van der Waals surface area contributed by atoms with Crippen molar-refractivity contribution >= 4 is 21.9 Å². The van der Waals surface area contributed by atoms with Crippen LogP contribution in [0.2, 0.25) is 0 Å². The number of hydrogen-bond acceptors (Lipinski definition) is 5. The maximum absolute atomic E-state index is 11.2. The van der Waals surface area contributed by atoms with Gasteiger partial charge in [-0.1, -0.05) is 28.1 Å². The smallest absolute Gasteiger partial charge is 0.358 e. The lowest BCUT2D eigenvalue weighted by atomic mass is 10.2. The van der Waals surface area contributed by atoms with Gasteiger partial charge >= 0.3 is 5.97 Å². The summed E-state index contributed by atoms with van der Waals surface area (Å²) in [5.41, 5.74) is 1.16. The van der Waals surface area contributed by atoms with Crippen LogP contribution in [0.1, 0.15) is 16.1 Å². The molecule has 1 heterocycles. The predicted octanol–water partition coefficient (Wildman–Crippen LogP) is 2.60. The highest BCUT2D eigenvalue weighted by atomic mass is 79.9. The molecule has 0 aliphatic carbocycles. The molecule has 0 atom stereocenters. The largest absolute Gasteiger partial charge is 0.472 e. The quantitative estimate of drug-likeness (QED) is 0.810. The van der Waals surface area contributed by atoms with Gasteiger partial charge in [0.15, 0.2) is 5.69 Å². The van der Waals surface area contributed by atoms with Crippen molar-refractivity contribution in [3.8, 4) is 5.88 Å². The van der Waals surface area contributed by atoms with Crippen molar-refractivity contribution in [2.45, 2.75) is 6.61 Å². The van der Waals surface area contributed by atoms with Crippen molar-refractivity contribution in [2.75, 3.05) is 7.11 Å². The normalized spacial score (nSPS) is 10.0. The van der Waals surface area contributed by atoms with Crippen LogP contribution in [0.3, 0.4) is 0 Å². The molecule has 0 unspecified atom stereocenters. The molecule has 0 spiro atoms. The van der Waals surface area contributed by atoms with Gasteiger partial charge in [0.1, 0.15) is 6.61 Å². The monoisotopic (exact) mass is 322 g/mol. The number of methoxy groups -OCH3 is 1. The van der Waals surface area contributed by atoms with E-state index in [1.807, 2.05) is 24.3 Å². The van der Waals surface area contributed by atoms with Crippen LogP contribution in [0.4, 0.5) is 0 Å². The molecule has 2 rings (SSSR count). The molecular formula is C13H11BrN2O3. The van der Waals surface area contributed by atoms with Gasteiger partial charge in [-0.2, -0.15) is 0 Å². The van der Waals surface area contributed by atoms with Crippen molar-refractivity contribution in [1.29, 1.82) is 0 Å². The number of aromatic nitrogens is 2. The highest BCUT2D eigenvalue weighted by molar-refractivity contribution is 9.10. The summed E-state index contributed by atoms with van der Waals surface area (Å²) in [4.78, 5) is 19.1. The Labute approximate surface area is 118 Å². The number of benzene rings is 1. The first-order valence-corrected chi connectivity index (χ1v) is 6.26. The Kier molecular flexibility index (Phi) is 4.46. The topological polar surface area (TPSA) is 61.3 Å². The van der Waals surface area contributed by atoms with Crippen molar-refractivity contribution in [1.82, 2.24) is 9.97 Å². The van der Waals surface area contributed by atoms with Gasteiger partial charge in [0.2, 0.25) is 5.88 Å². The summed E-state index contributed by atoms with van der Waals surface area (Å²) in [5.74, 6) is -0.168. The molecule has 0 N–H and O–H groups in total. The molecule has 6 heteroatoms. The maximum atomic E-state index is 11.2. The molecule has 0 aliphatic heterocycles. The van der Waals surface area contributed by atoms with Crippen molar-refractivity contribution in [3.63, 3.8) is 0 Å². The fraction of sp³-hybridized carbons (Fsp3) is 0.154. The Bertz CT molecular complexity index is 572. The standard InChI is InChI=1S/C13H11BrN2O3/c1-18-13(17)11-6-16-12(7-15-11)19-8-9-3-2-4-10(14)5-9/h2-7H,8H2,1H3. The minimum Gasteiger partial charge on any atom is -0.472 e. The van der Waals surface area contributed by atoms with Gasteiger partial charge in [-0.05, 0) is 17.7 Å². The molecule has 98 valence electrons. The third kappa shape index (κ3) is 3.75. The average molecular weight is 323 g/mol. The van der Waals surface area contributed by atoms with E-state index >= 15 is 0 Å². The lowest BCUT2D eigenvalue weighted by Crippen LogP contribution is -2.05. The minimum atomic E-state index is -0.522. The number of nitrogens with zero attached hydrogens (tertiary/aromatic N) is 2. The highest BCUT2D eigenvalue weighted by Gasteiger charge is 2.07. The second-order valence-corrected chi connectivity index (χ2v) is 4.57. The predicted molar refractivity (Wildman–Crippen MR) is 71.8 cm³/mol. The molecule has 0 aliphatic rings. The van der Waals surface area contributed by atoms with Gasteiger partial charge in [0.05, 0.1) is 19.5 Å². The molecule has 19 heavy (non-hydrogen) atoms. The van der Waals surface area contributed by atoms with E-state index in [0.717, 1.165) is 10.0 Å². The Balaban J connectivity index is 1.98. The zero-order valence-electron chi connectivity index (χ0n) is 10.2. The second-order valence-electron chi connectivity index (χ2n) is 3.65. The fourth-order valence-electron chi connectivity index (χ4n) is 1.38. The first kappa shape index (κ1) is 13.5. The van der Waals surface area contributed by atoms with E-state index in [1.165, 1.54) is 19.5 Å². The Morgan fingerprint density at radius 1 is 1.32 bits per heavy atom. The molecule has 0 fully saturated rings. The van der Waals surface area contributed by atoms with Gasteiger partial charge in [0, 0.05) is 4.47 Å². The van der Waals surface area contributed by atoms with E-state index < -0.39 is 5.97 Å².